The van der Waals surface area contributed by atoms with Gasteiger partial charge in [-0.05, 0) is 31.0 Å². The number of rotatable bonds is 3. The van der Waals surface area contributed by atoms with Gasteiger partial charge in [0.2, 0.25) is 0 Å². The molecule has 5 heteroatoms. The summed E-state index contributed by atoms with van der Waals surface area (Å²) in [5, 5.41) is 4.87. The molecule has 104 valence electrons. The number of nitrogens with zero attached hydrogens (tertiary/aromatic N) is 4. The van der Waals surface area contributed by atoms with Crippen molar-refractivity contribution in [1.29, 1.82) is 0 Å². The maximum absolute atomic E-state index is 6.12. The van der Waals surface area contributed by atoms with E-state index in [1.165, 1.54) is 12.8 Å². The van der Waals surface area contributed by atoms with E-state index in [4.69, 9.17) is 11.6 Å². The lowest BCUT2D eigenvalue weighted by Crippen LogP contribution is -1.95. The molecule has 0 saturated heterocycles. The second-order valence-corrected chi connectivity index (χ2v) is 5.61. The molecule has 0 N–H and O–H groups in total. The van der Waals surface area contributed by atoms with Gasteiger partial charge in [0.15, 0.2) is 5.82 Å². The fourth-order valence-electron chi connectivity index (χ4n) is 2.31. The molecule has 4 nitrogen and oxygen atoms in total. The first-order valence-electron chi connectivity index (χ1n) is 6.94. The minimum atomic E-state index is 0.495. The van der Waals surface area contributed by atoms with Crippen LogP contribution in [0.3, 0.4) is 0 Å². The maximum atomic E-state index is 6.12. The van der Waals surface area contributed by atoms with Crippen LogP contribution in [-0.2, 0) is 0 Å². The average molecular weight is 297 g/mol. The first kappa shape index (κ1) is 12.5. The molecular weight excluding hydrogens is 284 g/mol. The fourth-order valence-corrected chi connectivity index (χ4v) is 2.50. The van der Waals surface area contributed by atoms with Crippen LogP contribution in [0, 0.1) is 0 Å². The monoisotopic (exact) mass is 296 g/mol. The Morgan fingerprint density at radius 2 is 1.90 bits per heavy atom. The van der Waals surface area contributed by atoms with E-state index in [1.807, 2.05) is 47.3 Å². The Bertz CT molecular complexity index is 778. The highest BCUT2D eigenvalue weighted by atomic mass is 35.5. The molecule has 1 aliphatic carbocycles. The van der Waals surface area contributed by atoms with E-state index in [0.717, 1.165) is 16.9 Å². The van der Waals surface area contributed by atoms with Gasteiger partial charge in [0.05, 0.1) is 17.4 Å². The Balaban J connectivity index is 1.72. The maximum Gasteiger partial charge on any atom is 0.164 e. The Kier molecular flexibility index (Phi) is 2.97. The van der Waals surface area contributed by atoms with Crippen LogP contribution >= 0.6 is 11.6 Å². The van der Waals surface area contributed by atoms with Crippen molar-refractivity contribution < 1.29 is 0 Å². The van der Waals surface area contributed by atoms with E-state index in [1.54, 1.807) is 6.20 Å². The average Bonchev–Trinajstić information content (AvgIpc) is 3.24. The summed E-state index contributed by atoms with van der Waals surface area (Å²) in [6.45, 7) is 0. The van der Waals surface area contributed by atoms with Crippen molar-refractivity contribution in [3.05, 3.63) is 59.6 Å². The number of hydrogen-bond donors (Lipinski definition) is 0. The van der Waals surface area contributed by atoms with Crippen LogP contribution in [0.15, 0.2) is 48.8 Å². The molecule has 3 aromatic rings. The summed E-state index contributed by atoms with van der Waals surface area (Å²) in [6.07, 6.45) is 6.08. The van der Waals surface area contributed by atoms with Crippen LogP contribution in [0.5, 0.6) is 0 Å². The quantitative estimate of drug-likeness (QED) is 0.689. The Morgan fingerprint density at radius 3 is 2.67 bits per heavy atom. The Morgan fingerprint density at radius 1 is 1.10 bits per heavy atom. The van der Waals surface area contributed by atoms with Gasteiger partial charge >= 0.3 is 0 Å². The van der Waals surface area contributed by atoms with Gasteiger partial charge in [-0.1, -0.05) is 29.8 Å². The summed E-state index contributed by atoms with van der Waals surface area (Å²) in [5.74, 6) is 1.19. The van der Waals surface area contributed by atoms with Gasteiger partial charge in [0.1, 0.15) is 5.15 Å². The SMILES string of the molecule is Clc1cc(C2CC2)nc(-c2cnn(-c3ccccc3)c2)n1. The highest BCUT2D eigenvalue weighted by Gasteiger charge is 2.26. The smallest absolute Gasteiger partial charge is 0.164 e. The molecule has 0 bridgehead atoms. The molecule has 2 heterocycles. The van der Waals surface area contributed by atoms with Crippen LogP contribution in [-0.4, -0.2) is 19.7 Å². The van der Waals surface area contributed by atoms with Gasteiger partial charge in [0, 0.05) is 17.8 Å². The lowest BCUT2D eigenvalue weighted by Gasteiger charge is -2.02. The molecule has 1 aromatic carbocycles. The van der Waals surface area contributed by atoms with Gasteiger partial charge in [-0.25, -0.2) is 14.6 Å². The Hall–Kier alpha value is -2.20. The van der Waals surface area contributed by atoms with Crippen molar-refractivity contribution in [2.75, 3.05) is 0 Å². The zero-order chi connectivity index (χ0) is 14.2. The van der Waals surface area contributed by atoms with E-state index >= 15 is 0 Å². The first-order valence-corrected chi connectivity index (χ1v) is 7.32. The predicted molar refractivity (Wildman–Crippen MR) is 81.6 cm³/mol. The summed E-state index contributed by atoms with van der Waals surface area (Å²) in [7, 11) is 0. The minimum absolute atomic E-state index is 0.495. The number of hydrogen-bond acceptors (Lipinski definition) is 3. The van der Waals surface area contributed by atoms with Gasteiger partial charge in [-0.15, -0.1) is 0 Å². The second kappa shape index (κ2) is 4.97. The fraction of sp³-hybridized carbons (Fsp3) is 0.188. The predicted octanol–water partition coefficient (Wildman–Crippen LogP) is 3.86. The summed E-state index contributed by atoms with van der Waals surface area (Å²) in [6, 6.07) is 11.8. The molecule has 0 unspecified atom stereocenters. The zero-order valence-electron chi connectivity index (χ0n) is 11.3. The van der Waals surface area contributed by atoms with Gasteiger partial charge in [-0.2, -0.15) is 5.10 Å². The van der Waals surface area contributed by atoms with Crippen LogP contribution < -0.4 is 0 Å². The zero-order valence-corrected chi connectivity index (χ0v) is 12.0. The highest BCUT2D eigenvalue weighted by molar-refractivity contribution is 6.29. The van der Waals surface area contributed by atoms with Crippen LogP contribution in [0.4, 0.5) is 0 Å². The summed E-state index contributed by atoms with van der Waals surface area (Å²) >= 11 is 6.12. The first-order chi connectivity index (χ1) is 10.3. The Labute approximate surface area is 127 Å². The van der Waals surface area contributed by atoms with Crippen LogP contribution in [0.2, 0.25) is 5.15 Å². The number of benzene rings is 1. The third-order valence-electron chi connectivity index (χ3n) is 3.57. The highest BCUT2D eigenvalue weighted by Crippen LogP contribution is 2.40. The lowest BCUT2D eigenvalue weighted by atomic mass is 10.2. The van der Waals surface area contributed by atoms with Gasteiger partial charge in [0.25, 0.3) is 0 Å². The second-order valence-electron chi connectivity index (χ2n) is 5.22. The van der Waals surface area contributed by atoms with E-state index < -0.39 is 0 Å². The molecule has 0 aliphatic heterocycles. The molecule has 0 radical (unpaired) electrons. The summed E-state index contributed by atoms with van der Waals surface area (Å²) in [4.78, 5) is 8.95. The van der Waals surface area contributed by atoms with Crippen molar-refractivity contribution in [1.82, 2.24) is 19.7 Å². The normalized spacial score (nSPS) is 14.3. The largest absolute Gasteiger partial charge is 0.240 e. The van der Waals surface area contributed by atoms with E-state index in [2.05, 4.69) is 15.1 Å². The molecule has 0 amide bonds. The number of aromatic nitrogens is 4. The molecule has 0 spiro atoms. The third kappa shape index (κ3) is 2.54. The summed E-state index contributed by atoms with van der Waals surface area (Å²) < 4.78 is 1.82. The van der Waals surface area contributed by atoms with Crippen molar-refractivity contribution in [3.8, 4) is 17.1 Å². The van der Waals surface area contributed by atoms with Crippen LogP contribution in [0.25, 0.3) is 17.1 Å². The molecular formula is C16H13ClN4. The molecule has 2 aromatic heterocycles. The van der Waals surface area contributed by atoms with Gasteiger partial charge in [-0.3, -0.25) is 0 Å². The van der Waals surface area contributed by atoms with Gasteiger partial charge < -0.3 is 0 Å². The molecule has 1 aliphatic rings. The van der Waals surface area contributed by atoms with Crippen molar-refractivity contribution in [3.63, 3.8) is 0 Å². The third-order valence-corrected chi connectivity index (χ3v) is 3.77. The topological polar surface area (TPSA) is 43.6 Å². The van der Waals surface area contributed by atoms with E-state index in [9.17, 15) is 0 Å². The lowest BCUT2D eigenvalue weighted by molar-refractivity contribution is 0.880. The minimum Gasteiger partial charge on any atom is -0.240 e. The van der Waals surface area contributed by atoms with Crippen molar-refractivity contribution in [2.24, 2.45) is 0 Å². The van der Waals surface area contributed by atoms with E-state index in [0.29, 0.717) is 16.9 Å². The van der Waals surface area contributed by atoms with E-state index in [-0.39, 0.29) is 0 Å². The molecule has 1 saturated carbocycles. The molecule has 21 heavy (non-hydrogen) atoms. The van der Waals surface area contributed by atoms with Crippen molar-refractivity contribution in [2.45, 2.75) is 18.8 Å². The summed E-state index contributed by atoms with van der Waals surface area (Å²) in [5.41, 5.74) is 2.92. The number of para-hydroxylation sites is 1. The standard InChI is InChI=1S/C16H13ClN4/c17-15-8-14(11-6-7-11)19-16(20-15)12-9-18-21(10-12)13-4-2-1-3-5-13/h1-5,8-11H,6-7H2. The van der Waals surface area contributed by atoms with Crippen LogP contribution in [0.1, 0.15) is 24.5 Å². The van der Waals surface area contributed by atoms with Crippen molar-refractivity contribution >= 4 is 11.6 Å². The molecule has 0 atom stereocenters. The molecule has 4 rings (SSSR count). The molecule has 1 fully saturated rings. The number of halogens is 1.